The quantitative estimate of drug-likeness (QED) is 0.259. The first-order valence-electron chi connectivity index (χ1n) is 12.5. The number of aryl methyl sites for hydroxylation is 1. The monoisotopic (exact) mass is 556 g/mol. The van der Waals surface area contributed by atoms with E-state index in [1.54, 1.807) is 23.1 Å². The molecular formula is C30H34Cl2N2O2S. The van der Waals surface area contributed by atoms with E-state index in [2.05, 4.69) is 5.32 Å². The van der Waals surface area contributed by atoms with Crippen LogP contribution in [0.5, 0.6) is 0 Å². The van der Waals surface area contributed by atoms with Crippen molar-refractivity contribution < 1.29 is 9.59 Å². The van der Waals surface area contributed by atoms with Gasteiger partial charge in [-0.3, -0.25) is 9.59 Å². The Labute approximate surface area is 234 Å². The molecule has 0 fully saturated rings. The molecule has 0 saturated heterocycles. The molecule has 37 heavy (non-hydrogen) atoms. The lowest BCUT2D eigenvalue weighted by atomic mass is 10.0. The molecule has 0 bridgehead atoms. The van der Waals surface area contributed by atoms with Gasteiger partial charge in [0.1, 0.15) is 6.04 Å². The van der Waals surface area contributed by atoms with Crippen LogP contribution in [0.2, 0.25) is 10.0 Å². The van der Waals surface area contributed by atoms with Gasteiger partial charge < -0.3 is 10.2 Å². The minimum Gasteiger partial charge on any atom is -0.352 e. The van der Waals surface area contributed by atoms with Crippen LogP contribution >= 0.6 is 35.0 Å². The number of nitrogens with one attached hydrogen (secondary N) is 1. The molecule has 196 valence electrons. The molecule has 1 N–H and O–H groups in total. The number of hydrogen-bond donors (Lipinski definition) is 1. The predicted molar refractivity (Wildman–Crippen MR) is 156 cm³/mol. The fourth-order valence-corrected chi connectivity index (χ4v) is 5.53. The first-order chi connectivity index (χ1) is 17.8. The molecule has 2 amide bonds. The van der Waals surface area contributed by atoms with Gasteiger partial charge in [0.15, 0.2) is 0 Å². The van der Waals surface area contributed by atoms with Crippen LogP contribution in [0, 0.1) is 6.92 Å². The van der Waals surface area contributed by atoms with Crippen molar-refractivity contribution >= 4 is 46.8 Å². The molecule has 3 aromatic rings. The van der Waals surface area contributed by atoms with Gasteiger partial charge >= 0.3 is 0 Å². The fraction of sp³-hybridized carbons (Fsp3) is 0.333. The SMILES string of the molecule is CC[C@H](C)NC(=O)[C@@H](Cc1ccccc1)N(Cc1ccc(C)cc1)C(=O)CSCc1c(Cl)cccc1Cl. The van der Waals surface area contributed by atoms with Crippen LogP contribution in [-0.2, 0) is 28.3 Å². The van der Waals surface area contributed by atoms with Crippen molar-refractivity contribution in [1.82, 2.24) is 10.2 Å². The standard InChI is InChI=1S/C30H34Cl2N2O2S/c1-4-22(3)33-30(36)28(17-23-9-6-5-7-10-23)34(18-24-15-13-21(2)14-16-24)29(35)20-37-19-25-26(31)11-8-12-27(25)32/h5-16,22,28H,4,17-20H2,1-3H3,(H,33,36)/t22-,28+/m0/s1. The van der Waals surface area contributed by atoms with Gasteiger partial charge in [0.05, 0.1) is 5.75 Å². The van der Waals surface area contributed by atoms with Crippen molar-refractivity contribution in [3.8, 4) is 0 Å². The zero-order valence-corrected chi connectivity index (χ0v) is 23.9. The molecule has 3 rings (SSSR count). The van der Waals surface area contributed by atoms with E-state index in [9.17, 15) is 9.59 Å². The first-order valence-corrected chi connectivity index (χ1v) is 14.4. The highest BCUT2D eigenvalue weighted by atomic mass is 35.5. The van der Waals surface area contributed by atoms with Gasteiger partial charge in [0.25, 0.3) is 0 Å². The minimum absolute atomic E-state index is 0.0128. The normalized spacial score (nSPS) is 12.6. The van der Waals surface area contributed by atoms with Crippen molar-refractivity contribution in [2.45, 2.75) is 58.0 Å². The summed E-state index contributed by atoms with van der Waals surface area (Å²) < 4.78 is 0. The van der Waals surface area contributed by atoms with E-state index < -0.39 is 6.04 Å². The molecule has 4 nitrogen and oxygen atoms in total. The molecule has 0 radical (unpaired) electrons. The van der Waals surface area contributed by atoms with Crippen LogP contribution in [0.4, 0.5) is 0 Å². The number of carbonyl (C=O) groups is 2. The summed E-state index contributed by atoms with van der Waals surface area (Å²) in [4.78, 5) is 29.0. The Morgan fingerprint density at radius 3 is 2.19 bits per heavy atom. The van der Waals surface area contributed by atoms with Crippen molar-refractivity contribution in [2.75, 3.05) is 5.75 Å². The Balaban J connectivity index is 1.87. The summed E-state index contributed by atoms with van der Waals surface area (Å²) in [7, 11) is 0. The van der Waals surface area contributed by atoms with E-state index in [1.165, 1.54) is 11.8 Å². The summed E-state index contributed by atoms with van der Waals surface area (Å²) in [5, 5.41) is 4.27. The lowest BCUT2D eigenvalue weighted by Crippen LogP contribution is -2.52. The maximum absolute atomic E-state index is 13.7. The van der Waals surface area contributed by atoms with Crippen molar-refractivity contribution in [2.24, 2.45) is 0 Å². The molecule has 0 heterocycles. The van der Waals surface area contributed by atoms with Gasteiger partial charge in [0, 0.05) is 34.8 Å². The van der Waals surface area contributed by atoms with Crippen LogP contribution in [0.1, 0.15) is 42.5 Å². The lowest BCUT2D eigenvalue weighted by Gasteiger charge is -2.32. The number of hydrogen-bond acceptors (Lipinski definition) is 3. The first kappa shape index (κ1) is 29.1. The Bertz CT molecular complexity index is 1150. The highest BCUT2D eigenvalue weighted by Crippen LogP contribution is 2.28. The minimum atomic E-state index is -0.644. The second-order valence-corrected chi connectivity index (χ2v) is 11.0. The van der Waals surface area contributed by atoms with Crippen molar-refractivity contribution in [3.05, 3.63) is 105 Å². The van der Waals surface area contributed by atoms with Crippen LogP contribution in [0.25, 0.3) is 0 Å². The maximum Gasteiger partial charge on any atom is 0.243 e. The van der Waals surface area contributed by atoms with Crippen LogP contribution < -0.4 is 5.32 Å². The third-order valence-corrected chi connectivity index (χ3v) is 7.93. The average Bonchev–Trinajstić information content (AvgIpc) is 2.89. The van der Waals surface area contributed by atoms with E-state index in [4.69, 9.17) is 23.2 Å². The Morgan fingerprint density at radius 1 is 0.919 bits per heavy atom. The second-order valence-electron chi connectivity index (χ2n) is 9.22. The molecule has 3 aromatic carbocycles. The maximum atomic E-state index is 13.7. The van der Waals surface area contributed by atoms with E-state index in [0.717, 1.165) is 28.7 Å². The topological polar surface area (TPSA) is 49.4 Å². The molecular weight excluding hydrogens is 523 g/mol. The smallest absolute Gasteiger partial charge is 0.243 e. The molecule has 0 unspecified atom stereocenters. The highest BCUT2D eigenvalue weighted by molar-refractivity contribution is 7.99. The van der Waals surface area contributed by atoms with Gasteiger partial charge in [-0.15, -0.1) is 11.8 Å². The van der Waals surface area contributed by atoms with Gasteiger partial charge in [-0.1, -0.05) is 96.4 Å². The average molecular weight is 558 g/mol. The third kappa shape index (κ3) is 8.80. The Hall–Kier alpha value is -2.47. The summed E-state index contributed by atoms with van der Waals surface area (Å²) in [6.07, 6.45) is 1.24. The Morgan fingerprint density at radius 2 is 1.57 bits per heavy atom. The second kappa shape index (κ2) is 14.5. The zero-order chi connectivity index (χ0) is 26.8. The van der Waals surface area contributed by atoms with Crippen LogP contribution in [0.15, 0.2) is 72.8 Å². The molecule has 0 aromatic heterocycles. The van der Waals surface area contributed by atoms with E-state index >= 15 is 0 Å². The number of halogens is 2. The summed E-state index contributed by atoms with van der Waals surface area (Å²) in [6.45, 7) is 6.38. The fourth-order valence-electron chi connectivity index (χ4n) is 3.88. The summed E-state index contributed by atoms with van der Waals surface area (Å²) >= 11 is 14.1. The molecule has 0 spiro atoms. The number of nitrogens with zero attached hydrogens (tertiary/aromatic N) is 1. The van der Waals surface area contributed by atoms with Crippen molar-refractivity contribution in [3.63, 3.8) is 0 Å². The lowest BCUT2D eigenvalue weighted by molar-refractivity contribution is -0.139. The predicted octanol–water partition coefficient (Wildman–Crippen LogP) is 7.09. The van der Waals surface area contributed by atoms with Crippen LogP contribution in [0.3, 0.4) is 0 Å². The van der Waals surface area contributed by atoms with E-state index in [-0.39, 0.29) is 23.6 Å². The summed E-state index contributed by atoms with van der Waals surface area (Å²) in [5.74, 6) is 0.465. The molecule has 0 aliphatic rings. The van der Waals surface area contributed by atoms with Crippen molar-refractivity contribution in [1.29, 1.82) is 0 Å². The van der Waals surface area contributed by atoms with Gasteiger partial charge in [0.2, 0.25) is 11.8 Å². The Kier molecular flexibility index (Phi) is 11.4. The molecule has 7 heteroatoms. The van der Waals surface area contributed by atoms with Gasteiger partial charge in [-0.25, -0.2) is 0 Å². The highest BCUT2D eigenvalue weighted by Gasteiger charge is 2.31. The number of amides is 2. The number of carbonyl (C=O) groups excluding carboxylic acids is 2. The zero-order valence-electron chi connectivity index (χ0n) is 21.5. The number of thioether (sulfide) groups is 1. The number of rotatable bonds is 12. The molecule has 2 atom stereocenters. The van der Waals surface area contributed by atoms with E-state index in [1.807, 2.05) is 75.4 Å². The summed E-state index contributed by atoms with van der Waals surface area (Å²) in [5.41, 5.74) is 3.93. The van der Waals surface area contributed by atoms with Gasteiger partial charge in [-0.05, 0) is 49.1 Å². The molecule has 0 aliphatic carbocycles. The third-order valence-electron chi connectivity index (χ3n) is 6.28. The van der Waals surface area contributed by atoms with E-state index in [0.29, 0.717) is 28.8 Å². The number of benzene rings is 3. The van der Waals surface area contributed by atoms with Crippen LogP contribution in [-0.4, -0.2) is 34.6 Å². The largest absolute Gasteiger partial charge is 0.352 e. The van der Waals surface area contributed by atoms with Gasteiger partial charge in [-0.2, -0.15) is 0 Å². The molecule has 0 saturated carbocycles. The summed E-state index contributed by atoms with van der Waals surface area (Å²) in [6, 6.07) is 22.7. The molecule has 0 aliphatic heterocycles.